The minimum absolute atomic E-state index is 0.167. The summed E-state index contributed by atoms with van der Waals surface area (Å²) in [5, 5.41) is 0. The van der Waals surface area contributed by atoms with Gasteiger partial charge in [-0.3, -0.25) is 4.79 Å². The molecular formula is C17H25NO2. The molecule has 0 fully saturated rings. The van der Waals surface area contributed by atoms with Crippen molar-refractivity contribution in [3.8, 4) is 0 Å². The predicted octanol–water partition coefficient (Wildman–Crippen LogP) is 3.64. The van der Waals surface area contributed by atoms with Crippen molar-refractivity contribution in [2.24, 2.45) is 0 Å². The first kappa shape index (κ1) is 16.3. The molecule has 110 valence electrons. The zero-order valence-electron chi connectivity index (χ0n) is 13.2. The number of methoxy groups -OCH3 is 1. The number of hydrogen-bond acceptors (Lipinski definition) is 3. The van der Waals surface area contributed by atoms with Crippen LogP contribution in [0, 0.1) is 20.8 Å². The number of nitrogen functional groups attached to an aromatic ring is 1. The molecule has 0 atom stereocenters. The van der Waals surface area contributed by atoms with Crippen molar-refractivity contribution in [2.75, 3.05) is 12.8 Å². The normalized spacial score (nSPS) is 11.6. The van der Waals surface area contributed by atoms with Crippen molar-refractivity contribution in [3.05, 3.63) is 40.0 Å². The molecule has 1 aromatic rings. The van der Waals surface area contributed by atoms with Crippen molar-refractivity contribution < 1.29 is 9.53 Å². The molecule has 0 aliphatic rings. The van der Waals surface area contributed by atoms with Crippen LogP contribution in [0.25, 0.3) is 0 Å². The quantitative estimate of drug-likeness (QED) is 0.507. The fourth-order valence-corrected chi connectivity index (χ4v) is 2.22. The number of carbonyl (C=O) groups excluding carboxylic acids is 1. The van der Waals surface area contributed by atoms with Crippen LogP contribution in [-0.2, 0) is 16.0 Å². The largest absolute Gasteiger partial charge is 0.469 e. The van der Waals surface area contributed by atoms with Crippen LogP contribution in [0.2, 0.25) is 0 Å². The Balaban J connectivity index is 2.79. The molecule has 0 saturated carbocycles. The lowest BCUT2D eigenvalue weighted by Crippen LogP contribution is -2.02. The third kappa shape index (κ3) is 4.12. The lowest BCUT2D eigenvalue weighted by Gasteiger charge is -2.13. The summed E-state index contributed by atoms with van der Waals surface area (Å²) >= 11 is 0. The lowest BCUT2D eigenvalue weighted by molar-refractivity contribution is -0.140. The Bertz CT molecular complexity index is 530. The van der Waals surface area contributed by atoms with Gasteiger partial charge >= 0.3 is 5.97 Å². The summed E-state index contributed by atoms with van der Waals surface area (Å²) in [6, 6.07) is 2.04. The van der Waals surface area contributed by atoms with E-state index in [1.54, 1.807) is 0 Å². The van der Waals surface area contributed by atoms with Crippen LogP contribution in [-0.4, -0.2) is 13.1 Å². The molecule has 0 aliphatic heterocycles. The molecule has 0 radical (unpaired) electrons. The molecule has 2 N–H and O–H groups in total. The Morgan fingerprint density at radius 3 is 2.50 bits per heavy atom. The van der Waals surface area contributed by atoms with Crippen LogP contribution < -0.4 is 5.73 Å². The minimum Gasteiger partial charge on any atom is -0.469 e. The van der Waals surface area contributed by atoms with Gasteiger partial charge in [-0.15, -0.1) is 0 Å². The molecule has 0 spiro atoms. The number of ether oxygens (including phenoxy) is 1. The number of carbonyl (C=O) groups is 1. The van der Waals surface area contributed by atoms with Crippen molar-refractivity contribution in [1.82, 2.24) is 0 Å². The zero-order chi connectivity index (χ0) is 15.3. The summed E-state index contributed by atoms with van der Waals surface area (Å²) in [6.45, 7) is 8.36. The van der Waals surface area contributed by atoms with Crippen molar-refractivity contribution in [3.63, 3.8) is 0 Å². The Morgan fingerprint density at radius 2 is 1.90 bits per heavy atom. The number of nitrogens with two attached hydrogens (primary N) is 1. The molecule has 0 aromatic heterocycles. The first-order valence-electron chi connectivity index (χ1n) is 6.94. The molecule has 0 bridgehead atoms. The zero-order valence-corrected chi connectivity index (χ0v) is 13.2. The van der Waals surface area contributed by atoms with E-state index in [9.17, 15) is 4.79 Å². The number of esters is 1. The molecule has 1 rings (SSSR count). The van der Waals surface area contributed by atoms with Crippen LogP contribution >= 0.6 is 0 Å². The molecular weight excluding hydrogens is 250 g/mol. The molecule has 20 heavy (non-hydrogen) atoms. The smallest absolute Gasteiger partial charge is 0.305 e. The van der Waals surface area contributed by atoms with E-state index in [1.807, 2.05) is 13.0 Å². The Kier molecular flexibility index (Phi) is 5.81. The van der Waals surface area contributed by atoms with E-state index in [4.69, 9.17) is 5.73 Å². The van der Waals surface area contributed by atoms with E-state index in [-0.39, 0.29) is 5.97 Å². The van der Waals surface area contributed by atoms with E-state index in [2.05, 4.69) is 31.6 Å². The maximum atomic E-state index is 11.1. The van der Waals surface area contributed by atoms with Gasteiger partial charge in [-0.25, -0.2) is 0 Å². The van der Waals surface area contributed by atoms with Gasteiger partial charge in [0, 0.05) is 12.1 Å². The first-order chi connectivity index (χ1) is 9.36. The van der Waals surface area contributed by atoms with Crippen LogP contribution in [0.5, 0.6) is 0 Å². The number of allylic oxidation sites excluding steroid dienone is 2. The minimum atomic E-state index is -0.167. The highest BCUT2D eigenvalue weighted by molar-refractivity contribution is 5.69. The van der Waals surface area contributed by atoms with Crippen LogP contribution in [0.4, 0.5) is 5.69 Å². The Hall–Kier alpha value is -1.77. The summed E-state index contributed by atoms with van der Waals surface area (Å²) in [4.78, 5) is 11.1. The highest BCUT2D eigenvalue weighted by atomic mass is 16.5. The maximum absolute atomic E-state index is 11.1. The number of rotatable bonds is 5. The van der Waals surface area contributed by atoms with E-state index >= 15 is 0 Å². The van der Waals surface area contributed by atoms with E-state index in [0.29, 0.717) is 6.42 Å². The Morgan fingerprint density at radius 1 is 1.25 bits per heavy atom. The van der Waals surface area contributed by atoms with Crippen LogP contribution in [0.1, 0.15) is 42.0 Å². The maximum Gasteiger partial charge on any atom is 0.305 e. The number of anilines is 1. The molecule has 1 aromatic carbocycles. The van der Waals surface area contributed by atoms with Gasteiger partial charge in [-0.2, -0.15) is 0 Å². The van der Waals surface area contributed by atoms with Crippen molar-refractivity contribution >= 4 is 11.7 Å². The van der Waals surface area contributed by atoms with Gasteiger partial charge in [0.15, 0.2) is 0 Å². The second-order valence-corrected chi connectivity index (χ2v) is 5.34. The van der Waals surface area contributed by atoms with E-state index < -0.39 is 0 Å². The summed E-state index contributed by atoms with van der Waals surface area (Å²) < 4.78 is 4.64. The summed E-state index contributed by atoms with van der Waals surface area (Å²) in [6.07, 6.45) is 4.12. The van der Waals surface area contributed by atoms with Gasteiger partial charge in [-0.05, 0) is 68.9 Å². The SMILES string of the molecule is COC(=O)CC/C(C)=C/Cc1c(N)cc(C)c(C)c1C. The fraction of sp³-hybridized carbons (Fsp3) is 0.471. The standard InChI is InChI=1S/C17H25NO2/c1-11(7-9-17(19)20-5)6-8-15-14(4)13(3)12(2)10-16(15)18/h6,10H,7-9,18H2,1-5H3/b11-6+. The van der Waals surface area contributed by atoms with Gasteiger partial charge in [-0.1, -0.05) is 11.6 Å². The Labute approximate surface area is 121 Å². The van der Waals surface area contributed by atoms with E-state index in [1.165, 1.54) is 34.9 Å². The van der Waals surface area contributed by atoms with E-state index in [0.717, 1.165) is 18.5 Å². The number of aryl methyl sites for hydroxylation is 1. The topological polar surface area (TPSA) is 52.3 Å². The van der Waals surface area contributed by atoms with Gasteiger partial charge in [0.2, 0.25) is 0 Å². The van der Waals surface area contributed by atoms with Gasteiger partial charge < -0.3 is 10.5 Å². The highest BCUT2D eigenvalue weighted by Crippen LogP contribution is 2.25. The summed E-state index contributed by atoms with van der Waals surface area (Å²) in [5.41, 5.74) is 13.1. The molecule has 0 amide bonds. The fourth-order valence-electron chi connectivity index (χ4n) is 2.22. The molecule has 3 nitrogen and oxygen atoms in total. The lowest BCUT2D eigenvalue weighted by atomic mass is 9.94. The van der Waals surface area contributed by atoms with Gasteiger partial charge in [0.05, 0.1) is 7.11 Å². The molecule has 0 aliphatic carbocycles. The molecule has 0 unspecified atom stereocenters. The third-order valence-electron chi connectivity index (χ3n) is 3.93. The molecule has 0 heterocycles. The highest BCUT2D eigenvalue weighted by Gasteiger charge is 2.08. The number of benzene rings is 1. The van der Waals surface area contributed by atoms with Crippen LogP contribution in [0.3, 0.4) is 0 Å². The second-order valence-electron chi connectivity index (χ2n) is 5.34. The average molecular weight is 275 g/mol. The monoisotopic (exact) mass is 275 g/mol. The first-order valence-corrected chi connectivity index (χ1v) is 6.94. The van der Waals surface area contributed by atoms with Gasteiger partial charge in [0.1, 0.15) is 0 Å². The van der Waals surface area contributed by atoms with Gasteiger partial charge in [0.25, 0.3) is 0 Å². The second kappa shape index (κ2) is 7.13. The molecule has 0 saturated heterocycles. The van der Waals surface area contributed by atoms with Crippen molar-refractivity contribution in [1.29, 1.82) is 0 Å². The average Bonchev–Trinajstić information content (AvgIpc) is 2.42. The predicted molar refractivity (Wildman–Crippen MR) is 83.8 cm³/mol. The number of hydrogen-bond donors (Lipinski definition) is 1. The van der Waals surface area contributed by atoms with Crippen molar-refractivity contribution in [2.45, 2.75) is 47.0 Å². The summed E-state index contributed by atoms with van der Waals surface area (Å²) in [5.74, 6) is -0.167. The van der Waals surface area contributed by atoms with Crippen LogP contribution in [0.15, 0.2) is 17.7 Å². The third-order valence-corrected chi connectivity index (χ3v) is 3.93. The summed E-state index contributed by atoms with van der Waals surface area (Å²) in [7, 11) is 1.42. The molecule has 3 heteroatoms.